The predicted molar refractivity (Wildman–Crippen MR) is 123 cm³/mol. The molecular formula is C24H28N4O2S. The van der Waals surface area contributed by atoms with Crippen molar-refractivity contribution in [3.63, 3.8) is 0 Å². The lowest BCUT2D eigenvalue weighted by Crippen LogP contribution is -2.38. The molecule has 3 aromatic rings. The van der Waals surface area contributed by atoms with E-state index in [0.29, 0.717) is 31.7 Å². The lowest BCUT2D eigenvalue weighted by molar-refractivity contribution is -0.134. The Morgan fingerprint density at radius 2 is 2.10 bits per heavy atom. The molecule has 1 saturated heterocycles. The summed E-state index contributed by atoms with van der Waals surface area (Å²) in [5, 5.41) is 2.07. The maximum Gasteiger partial charge on any atom is 0.274 e. The second kappa shape index (κ2) is 9.47. The number of hydrogen-bond donors (Lipinski definition) is 0. The van der Waals surface area contributed by atoms with E-state index < -0.39 is 0 Å². The van der Waals surface area contributed by atoms with Gasteiger partial charge in [-0.3, -0.25) is 9.59 Å². The summed E-state index contributed by atoms with van der Waals surface area (Å²) in [6.07, 6.45) is 4.89. The van der Waals surface area contributed by atoms with Gasteiger partial charge < -0.3 is 14.4 Å². The molecule has 1 aliphatic heterocycles. The van der Waals surface area contributed by atoms with E-state index in [4.69, 9.17) is 0 Å². The van der Waals surface area contributed by atoms with Crippen LogP contribution >= 0.6 is 11.3 Å². The quantitative estimate of drug-likeness (QED) is 0.592. The highest BCUT2D eigenvalue weighted by molar-refractivity contribution is 7.13. The minimum absolute atomic E-state index is 0.107. The van der Waals surface area contributed by atoms with E-state index >= 15 is 0 Å². The van der Waals surface area contributed by atoms with Crippen molar-refractivity contribution in [1.29, 1.82) is 0 Å². The number of benzene rings is 1. The summed E-state index contributed by atoms with van der Waals surface area (Å²) in [7, 11) is 1.85. The van der Waals surface area contributed by atoms with E-state index in [-0.39, 0.29) is 17.7 Å². The van der Waals surface area contributed by atoms with E-state index in [2.05, 4.69) is 41.6 Å². The summed E-state index contributed by atoms with van der Waals surface area (Å²) >= 11 is 1.71. The number of aromatic nitrogens is 2. The molecule has 162 valence electrons. The molecule has 0 N–H and O–H groups in total. The first-order chi connectivity index (χ1) is 15.0. The number of carbonyl (C=O) groups is 2. The van der Waals surface area contributed by atoms with Gasteiger partial charge in [0.2, 0.25) is 5.91 Å². The van der Waals surface area contributed by atoms with Crippen LogP contribution < -0.4 is 0 Å². The molecule has 7 heteroatoms. The smallest absolute Gasteiger partial charge is 0.274 e. The topological polar surface area (TPSA) is 58.4 Å². The minimum atomic E-state index is -0.264. The van der Waals surface area contributed by atoms with Crippen molar-refractivity contribution in [3.05, 3.63) is 65.6 Å². The molecule has 1 aromatic carbocycles. The first kappa shape index (κ1) is 21.3. The van der Waals surface area contributed by atoms with Crippen LogP contribution in [-0.2, 0) is 18.3 Å². The number of nitrogens with zero attached hydrogens (tertiary/aromatic N) is 4. The third kappa shape index (κ3) is 4.88. The molecule has 0 radical (unpaired) electrons. The fourth-order valence-corrected chi connectivity index (χ4v) is 4.86. The van der Waals surface area contributed by atoms with Gasteiger partial charge >= 0.3 is 0 Å². The highest BCUT2D eigenvalue weighted by Crippen LogP contribution is 2.27. The predicted octanol–water partition coefficient (Wildman–Crippen LogP) is 3.70. The van der Waals surface area contributed by atoms with Gasteiger partial charge in [-0.15, -0.1) is 11.3 Å². The van der Waals surface area contributed by atoms with Gasteiger partial charge in [-0.1, -0.05) is 37.3 Å². The first-order valence-corrected chi connectivity index (χ1v) is 11.6. The van der Waals surface area contributed by atoms with Crippen LogP contribution in [0.3, 0.4) is 0 Å². The fourth-order valence-electron chi connectivity index (χ4n) is 4.14. The molecule has 0 spiro atoms. The van der Waals surface area contributed by atoms with Crippen LogP contribution in [0.5, 0.6) is 0 Å². The maximum absolute atomic E-state index is 13.3. The molecule has 1 aliphatic rings. The number of carbonyl (C=O) groups excluding carboxylic acids is 2. The van der Waals surface area contributed by atoms with E-state index in [1.54, 1.807) is 33.3 Å². The van der Waals surface area contributed by atoms with E-state index in [1.165, 1.54) is 10.4 Å². The average Bonchev–Trinajstić information content (AvgIpc) is 3.43. The Labute approximate surface area is 187 Å². The van der Waals surface area contributed by atoms with Gasteiger partial charge in [0.1, 0.15) is 5.69 Å². The Morgan fingerprint density at radius 1 is 1.23 bits per heavy atom. The summed E-state index contributed by atoms with van der Waals surface area (Å²) in [6, 6.07) is 12.5. The molecule has 0 aliphatic carbocycles. The molecule has 4 rings (SSSR count). The highest BCUT2D eigenvalue weighted by atomic mass is 32.1. The summed E-state index contributed by atoms with van der Waals surface area (Å²) < 4.78 is 1.77. The Bertz CT molecular complexity index is 1040. The molecule has 3 heterocycles. The van der Waals surface area contributed by atoms with Gasteiger partial charge in [-0.25, -0.2) is 4.98 Å². The highest BCUT2D eigenvalue weighted by Gasteiger charge is 2.33. The molecule has 2 amide bonds. The molecule has 1 fully saturated rings. The summed E-state index contributed by atoms with van der Waals surface area (Å²) in [5.74, 6) is -0.232. The fraction of sp³-hybridized carbons (Fsp3) is 0.375. The van der Waals surface area contributed by atoms with Crippen molar-refractivity contribution >= 4 is 23.2 Å². The SMILES string of the molecule is CCCN1CCN(C(=O)c2cn(C)cn2)C[C@H](Cc2cccc(-c3cccs3)c2)C1=O. The van der Waals surface area contributed by atoms with Crippen LogP contribution in [0.1, 0.15) is 29.4 Å². The zero-order valence-electron chi connectivity index (χ0n) is 18.0. The number of amides is 2. The molecule has 2 aromatic heterocycles. The van der Waals surface area contributed by atoms with Crippen LogP contribution in [-0.4, -0.2) is 57.3 Å². The van der Waals surface area contributed by atoms with E-state index in [9.17, 15) is 9.59 Å². The van der Waals surface area contributed by atoms with E-state index in [0.717, 1.165) is 18.5 Å². The number of hydrogen-bond acceptors (Lipinski definition) is 4. The van der Waals surface area contributed by atoms with Gasteiger partial charge in [-0.2, -0.15) is 0 Å². The van der Waals surface area contributed by atoms with Crippen molar-refractivity contribution < 1.29 is 9.59 Å². The van der Waals surface area contributed by atoms with Crippen LogP contribution in [0, 0.1) is 5.92 Å². The van der Waals surface area contributed by atoms with Gasteiger partial charge in [0, 0.05) is 44.3 Å². The van der Waals surface area contributed by atoms with Crippen molar-refractivity contribution in [2.45, 2.75) is 19.8 Å². The molecule has 0 unspecified atom stereocenters. The molecule has 0 bridgehead atoms. The molecule has 6 nitrogen and oxygen atoms in total. The third-order valence-corrected chi connectivity index (χ3v) is 6.58. The van der Waals surface area contributed by atoms with Crippen LogP contribution in [0.2, 0.25) is 0 Å². The van der Waals surface area contributed by atoms with Crippen molar-refractivity contribution in [2.75, 3.05) is 26.2 Å². The normalized spacial score (nSPS) is 17.1. The second-order valence-corrected chi connectivity index (χ2v) is 9.03. The van der Waals surface area contributed by atoms with Crippen LogP contribution in [0.4, 0.5) is 0 Å². The lowest BCUT2D eigenvalue weighted by atomic mass is 9.96. The molecular weight excluding hydrogens is 408 g/mol. The minimum Gasteiger partial charge on any atom is -0.341 e. The first-order valence-electron chi connectivity index (χ1n) is 10.7. The average molecular weight is 437 g/mol. The third-order valence-electron chi connectivity index (χ3n) is 5.66. The summed E-state index contributed by atoms with van der Waals surface area (Å²) in [4.78, 5) is 35.5. The summed E-state index contributed by atoms with van der Waals surface area (Å²) in [6.45, 7) is 4.31. The Hall–Kier alpha value is -2.93. The standard InChI is InChI=1S/C24H28N4O2S/c1-3-9-27-10-11-28(24(30)21-16-26(2)17-25-21)15-20(23(27)29)14-18-6-4-7-19(13-18)22-8-5-12-31-22/h4-8,12-13,16-17,20H,3,9-11,14-15H2,1-2H3/t20-/m0/s1. The number of rotatable bonds is 6. The lowest BCUT2D eigenvalue weighted by Gasteiger charge is -2.23. The molecule has 0 saturated carbocycles. The van der Waals surface area contributed by atoms with Crippen LogP contribution in [0.25, 0.3) is 10.4 Å². The van der Waals surface area contributed by atoms with Gasteiger partial charge in [0.15, 0.2) is 0 Å². The Balaban J connectivity index is 1.57. The Kier molecular flexibility index (Phi) is 6.51. The monoisotopic (exact) mass is 436 g/mol. The van der Waals surface area contributed by atoms with Crippen molar-refractivity contribution in [2.24, 2.45) is 13.0 Å². The van der Waals surface area contributed by atoms with Crippen molar-refractivity contribution in [3.8, 4) is 10.4 Å². The van der Waals surface area contributed by atoms with E-state index in [1.807, 2.05) is 24.1 Å². The summed E-state index contributed by atoms with van der Waals surface area (Å²) in [5.41, 5.74) is 2.71. The number of aryl methyl sites for hydroxylation is 1. The second-order valence-electron chi connectivity index (χ2n) is 8.08. The van der Waals surface area contributed by atoms with Crippen molar-refractivity contribution in [1.82, 2.24) is 19.4 Å². The molecule has 1 atom stereocenters. The van der Waals surface area contributed by atoms with Crippen LogP contribution in [0.15, 0.2) is 54.3 Å². The Morgan fingerprint density at radius 3 is 2.81 bits per heavy atom. The maximum atomic E-state index is 13.3. The zero-order valence-corrected chi connectivity index (χ0v) is 18.8. The number of imidazole rings is 1. The zero-order chi connectivity index (χ0) is 21.8. The van der Waals surface area contributed by atoms with Gasteiger partial charge in [0.25, 0.3) is 5.91 Å². The largest absolute Gasteiger partial charge is 0.341 e. The molecule has 31 heavy (non-hydrogen) atoms. The number of thiophene rings is 1. The van der Waals surface area contributed by atoms with Gasteiger partial charge in [-0.05, 0) is 35.4 Å². The van der Waals surface area contributed by atoms with Gasteiger partial charge in [0.05, 0.1) is 12.2 Å².